The number of hydrogen-bond acceptors (Lipinski definition) is 2. The number of hydrogen-bond donors (Lipinski definition) is 2. The summed E-state index contributed by atoms with van der Waals surface area (Å²) in [5.41, 5.74) is 0.427. The summed E-state index contributed by atoms with van der Waals surface area (Å²) in [5, 5.41) is 2.80. The first kappa shape index (κ1) is 10.9. The monoisotopic (exact) mass is 201 g/mol. The molecule has 0 radical (unpaired) electrons. The predicted octanol–water partition coefficient (Wildman–Crippen LogP) is 1.86. The lowest BCUT2D eigenvalue weighted by Crippen LogP contribution is -2.34. The summed E-state index contributed by atoms with van der Waals surface area (Å²) in [5.74, 6) is 0.0342. The quantitative estimate of drug-likeness (QED) is 0.656. The first-order chi connectivity index (χ1) is 5.71. The fraction of sp³-hybridized carbons (Fsp3) is 0.900. The minimum Gasteiger partial charge on any atom is -0.351 e. The molecular formula is C10H19NOS. The van der Waals surface area contributed by atoms with E-state index < -0.39 is 0 Å². The summed E-state index contributed by atoms with van der Waals surface area (Å²) in [6.07, 6.45) is 0. The third-order valence-electron chi connectivity index (χ3n) is 3.69. The lowest BCUT2D eigenvalue weighted by atomic mass is 10.0. The molecule has 1 aliphatic carbocycles. The topological polar surface area (TPSA) is 29.1 Å². The van der Waals surface area contributed by atoms with Crippen LogP contribution in [0, 0.1) is 10.8 Å². The van der Waals surface area contributed by atoms with E-state index in [2.05, 4.69) is 45.6 Å². The smallest absolute Gasteiger partial charge is 0.232 e. The molecule has 0 spiro atoms. The zero-order valence-corrected chi connectivity index (χ0v) is 9.90. The Balaban J connectivity index is 2.56. The third-order valence-corrected chi connectivity index (χ3v) is 3.92. The molecule has 1 rings (SSSR count). The molecule has 1 unspecified atom stereocenters. The van der Waals surface area contributed by atoms with Crippen LogP contribution in [0.5, 0.6) is 0 Å². The van der Waals surface area contributed by atoms with Gasteiger partial charge in [0.2, 0.25) is 5.91 Å². The zero-order valence-electron chi connectivity index (χ0n) is 9.01. The fourth-order valence-electron chi connectivity index (χ4n) is 1.82. The van der Waals surface area contributed by atoms with Crippen LogP contribution in [-0.4, -0.2) is 17.2 Å². The molecule has 0 heterocycles. The van der Waals surface area contributed by atoms with Crippen molar-refractivity contribution in [2.45, 2.75) is 45.9 Å². The van der Waals surface area contributed by atoms with Gasteiger partial charge in [0.05, 0.1) is 5.25 Å². The average molecular weight is 201 g/mol. The van der Waals surface area contributed by atoms with E-state index in [1.54, 1.807) is 6.92 Å². The molecule has 1 N–H and O–H groups in total. The Morgan fingerprint density at radius 3 is 1.92 bits per heavy atom. The lowest BCUT2D eigenvalue weighted by molar-refractivity contribution is -0.120. The highest BCUT2D eigenvalue weighted by atomic mass is 32.1. The maximum Gasteiger partial charge on any atom is 0.232 e. The van der Waals surface area contributed by atoms with Gasteiger partial charge in [-0.2, -0.15) is 12.6 Å². The van der Waals surface area contributed by atoms with Crippen LogP contribution in [0.25, 0.3) is 0 Å². The van der Waals surface area contributed by atoms with Gasteiger partial charge in [-0.15, -0.1) is 0 Å². The maximum atomic E-state index is 11.4. The van der Waals surface area contributed by atoms with Gasteiger partial charge in [0, 0.05) is 6.04 Å². The highest BCUT2D eigenvalue weighted by molar-refractivity contribution is 7.81. The molecule has 3 heteroatoms. The van der Waals surface area contributed by atoms with E-state index >= 15 is 0 Å². The Labute approximate surface area is 85.9 Å². The minimum atomic E-state index is -0.216. The number of rotatable bonds is 2. The van der Waals surface area contributed by atoms with Crippen molar-refractivity contribution in [2.75, 3.05) is 0 Å². The summed E-state index contributed by atoms with van der Waals surface area (Å²) in [4.78, 5) is 11.4. The normalized spacial score (nSPS) is 26.6. The predicted molar refractivity (Wildman–Crippen MR) is 57.9 cm³/mol. The van der Waals surface area contributed by atoms with Crippen LogP contribution in [0.2, 0.25) is 0 Å². The summed E-state index contributed by atoms with van der Waals surface area (Å²) in [6, 6.07) is 0.294. The number of amides is 1. The first-order valence-electron chi connectivity index (χ1n) is 4.69. The average Bonchev–Trinajstić information content (AvgIpc) is 2.32. The molecule has 1 saturated carbocycles. The molecule has 0 aromatic rings. The Bertz CT molecular complexity index is 219. The van der Waals surface area contributed by atoms with Gasteiger partial charge in [-0.3, -0.25) is 4.79 Å². The molecular weight excluding hydrogens is 182 g/mol. The Morgan fingerprint density at radius 1 is 1.31 bits per heavy atom. The van der Waals surface area contributed by atoms with Crippen molar-refractivity contribution < 1.29 is 4.79 Å². The van der Waals surface area contributed by atoms with Gasteiger partial charge in [-0.05, 0) is 17.8 Å². The van der Waals surface area contributed by atoms with Gasteiger partial charge in [0.15, 0.2) is 0 Å². The van der Waals surface area contributed by atoms with Crippen LogP contribution in [0.15, 0.2) is 0 Å². The van der Waals surface area contributed by atoms with Crippen LogP contribution < -0.4 is 5.32 Å². The zero-order chi connectivity index (χ0) is 10.4. The Morgan fingerprint density at radius 2 is 1.69 bits per heavy atom. The van der Waals surface area contributed by atoms with E-state index in [1.807, 2.05) is 0 Å². The molecule has 0 saturated heterocycles. The summed E-state index contributed by atoms with van der Waals surface area (Å²) < 4.78 is 0. The fourth-order valence-corrected chi connectivity index (χ4v) is 1.89. The largest absolute Gasteiger partial charge is 0.351 e. The van der Waals surface area contributed by atoms with Crippen LogP contribution >= 0.6 is 12.6 Å². The van der Waals surface area contributed by atoms with E-state index in [1.165, 1.54) is 0 Å². The minimum absolute atomic E-state index is 0.0342. The Kier molecular flexibility index (Phi) is 2.44. The van der Waals surface area contributed by atoms with E-state index in [-0.39, 0.29) is 22.0 Å². The Hall–Kier alpha value is -0.180. The molecule has 13 heavy (non-hydrogen) atoms. The van der Waals surface area contributed by atoms with Crippen LogP contribution in [0.3, 0.4) is 0 Å². The second-order valence-corrected chi connectivity index (χ2v) is 5.84. The third kappa shape index (κ3) is 1.58. The summed E-state index contributed by atoms with van der Waals surface area (Å²) >= 11 is 4.10. The molecule has 1 atom stereocenters. The summed E-state index contributed by atoms with van der Waals surface area (Å²) in [6.45, 7) is 10.5. The molecule has 0 aromatic heterocycles. The second kappa shape index (κ2) is 2.91. The van der Waals surface area contributed by atoms with Gasteiger partial charge >= 0.3 is 0 Å². The van der Waals surface area contributed by atoms with Crippen LogP contribution in [0.4, 0.5) is 0 Å². The number of nitrogens with one attached hydrogen (secondary N) is 1. The van der Waals surface area contributed by atoms with E-state index in [0.29, 0.717) is 6.04 Å². The molecule has 1 amide bonds. The number of carbonyl (C=O) groups is 1. The molecule has 1 aliphatic rings. The van der Waals surface area contributed by atoms with Gasteiger partial charge in [0.1, 0.15) is 0 Å². The summed E-state index contributed by atoms with van der Waals surface area (Å²) in [7, 11) is 0. The van der Waals surface area contributed by atoms with Gasteiger partial charge in [0.25, 0.3) is 0 Å². The molecule has 2 nitrogen and oxygen atoms in total. The molecule has 76 valence electrons. The number of thiol groups is 1. The maximum absolute atomic E-state index is 11.4. The van der Waals surface area contributed by atoms with Crippen LogP contribution in [0.1, 0.15) is 34.6 Å². The molecule has 0 aromatic carbocycles. The van der Waals surface area contributed by atoms with E-state index in [9.17, 15) is 4.79 Å². The highest BCUT2D eigenvalue weighted by Crippen LogP contribution is 2.62. The van der Waals surface area contributed by atoms with Crippen LogP contribution in [-0.2, 0) is 4.79 Å². The lowest BCUT2D eigenvalue weighted by Gasteiger charge is -2.08. The molecule has 1 fully saturated rings. The van der Waals surface area contributed by atoms with E-state index in [4.69, 9.17) is 0 Å². The van der Waals surface area contributed by atoms with Crippen molar-refractivity contribution in [1.29, 1.82) is 0 Å². The molecule has 0 aliphatic heterocycles. The standard InChI is InChI=1S/C10H19NOS/c1-6(13)7(12)11-8-9(2,3)10(8,4)5/h6,8,13H,1-5H3,(H,11,12). The van der Waals surface area contributed by atoms with Crippen molar-refractivity contribution in [3.8, 4) is 0 Å². The van der Waals surface area contributed by atoms with Gasteiger partial charge in [-0.1, -0.05) is 27.7 Å². The van der Waals surface area contributed by atoms with Crippen molar-refractivity contribution >= 4 is 18.5 Å². The van der Waals surface area contributed by atoms with Crippen molar-refractivity contribution in [2.24, 2.45) is 10.8 Å². The van der Waals surface area contributed by atoms with Crippen molar-refractivity contribution in [3.63, 3.8) is 0 Å². The SMILES string of the molecule is CC(S)C(=O)NC1C(C)(C)C1(C)C. The second-order valence-electron chi connectivity index (χ2n) is 5.06. The van der Waals surface area contributed by atoms with Gasteiger partial charge in [-0.25, -0.2) is 0 Å². The number of carbonyl (C=O) groups excluding carboxylic acids is 1. The van der Waals surface area contributed by atoms with Gasteiger partial charge < -0.3 is 5.32 Å². The van der Waals surface area contributed by atoms with E-state index in [0.717, 1.165) is 0 Å². The van der Waals surface area contributed by atoms with Crippen molar-refractivity contribution in [1.82, 2.24) is 5.32 Å². The highest BCUT2D eigenvalue weighted by Gasteiger charge is 2.65. The first-order valence-corrected chi connectivity index (χ1v) is 5.21. The molecule has 0 bridgehead atoms. The van der Waals surface area contributed by atoms with Crippen molar-refractivity contribution in [3.05, 3.63) is 0 Å².